The summed E-state index contributed by atoms with van der Waals surface area (Å²) >= 11 is 0.197. The quantitative estimate of drug-likeness (QED) is 0.157. The molecule has 1 heterocycles. The van der Waals surface area contributed by atoms with Gasteiger partial charge < -0.3 is 18.2 Å². The van der Waals surface area contributed by atoms with Crippen molar-refractivity contribution in [3.63, 3.8) is 0 Å². The van der Waals surface area contributed by atoms with Gasteiger partial charge in [0.25, 0.3) is 0 Å². The highest BCUT2D eigenvalue weighted by Gasteiger charge is 2.27. The maximum Gasteiger partial charge on any atom is 0.173 e. The van der Waals surface area contributed by atoms with Gasteiger partial charge in [-0.05, 0) is 128 Å². The molecule has 0 aromatic heterocycles. The van der Waals surface area contributed by atoms with Gasteiger partial charge in [-0.1, -0.05) is 70.8 Å². The molecule has 1 saturated heterocycles. The van der Waals surface area contributed by atoms with Gasteiger partial charge in [-0.2, -0.15) is 20.6 Å². The van der Waals surface area contributed by atoms with Crippen LogP contribution in [0.3, 0.4) is 0 Å². The van der Waals surface area contributed by atoms with E-state index < -0.39 is 40.5 Å². The number of benzene rings is 4. The second-order valence-electron chi connectivity index (χ2n) is 17.2. The standard InChI is InChI=1S/C10H28N4S4.4C9H12O3S/c11-15-3-1-4-16(12)8-10-18(14)6-2-5-17(13)9-7-15;4*1-6-4-7(2)9(8(3)5-6)13(10,11)12/h1-14H2;4*4-5H,1-3H3,(H,10,11,12)/q+4;;;;/p-4. The lowest BCUT2D eigenvalue weighted by Crippen LogP contribution is -2.36. The van der Waals surface area contributed by atoms with E-state index >= 15 is 0 Å². The summed E-state index contributed by atoms with van der Waals surface area (Å²) in [4.78, 5) is -0.340. The van der Waals surface area contributed by atoms with Gasteiger partial charge in [0, 0.05) is 12.8 Å². The van der Waals surface area contributed by atoms with E-state index in [9.17, 15) is 51.9 Å². The molecule has 0 radical (unpaired) electrons. The van der Waals surface area contributed by atoms with Crippen LogP contribution in [0.15, 0.2) is 68.1 Å². The number of hydrogen-bond acceptors (Lipinski definition) is 16. The third-order valence-corrected chi connectivity index (χ3v) is 21.5. The summed E-state index contributed by atoms with van der Waals surface area (Å²) in [5.74, 6) is 8.83. The Labute approximate surface area is 430 Å². The van der Waals surface area contributed by atoms with Crippen LogP contribution in [0.5, 0.6) is 0 Å². The molecule has 0 aliphatic carbocycles. The van der Waals surface area contributed by atoms with Gasteiger partial charge in [-0.3, -0.25) is 0 Å². The number of hydrogen-bond donors (Lipinski definition) is 4. The fraction of sp³-hybridized carbons (Fsp3) is 0.478. The Bertz CT molecular complexity index is 2370. The molecule has 16 nitrogen and oxygen atoms in total. The third-order valence-electron chi connectivity index (χ3n) is 10.3. The first-order valence-corrected chi connectivity index (χ1v) is 33.8. The van der Waals surface area contributed by atoms with E-state index in [4.69, 9.17) is 20.6 Å². The summed E-state index contributed by atoms with van der Waals surface area (Å²) in [7, 11) is -17.3. The second kappa shape index (κ2) is 29.0. The molecule has 4 aromatic rings. The average Bonchev–Trinajstić information content (AvgIpc) is 3.13. The summed E-state index contributed by atoms with van der Waals surface area (Å²) in [5, 5.41) is 24.5. The predicted molar refractivity (Wildman–Crippen MR) is 289 cm³/mol. The minimum Gasteiger partial charge on any atom is -0.744 e. The summed E-state index contributed by atoms with van der Waals surface area (Å²) in [6, 6.07) is 13.5. The zero-order valence-electron chi connectivity index (χ0n) is 42.2. The van der Waals surface area contributed by atoms with E-state index in [0.29, 0.717) is 44.5 Å². The molecule has 1 aliphatic rings. The summed E-state index contributed by atoms with van der Waals surface area (Å²) in [6.07, 6.45) is 2.33. The average molecular weight is 1130 g/mol. The Kier molecular flexibility index (Phi) is 27.3. The van der Waals surface area contributed by atoms with Crippen molar-refractivity contribution in [3.05, 3.63) is 115 Å². The molecule has 24 heteroatoms. The monoisotopic (exact) mass is 1130 g/mol. The highest BCUT2D eigenvalue weighted by molar-refractivity contribution is 7.99. The molecule has 0 amide bonds. The predicted octanol–water partition coefficient (Wildman–Crippen LogP) is 4.81. The number of nitrogens with two attached hydrogens (primary N) is 4. The maximum atomic E-state index is 10.8. The molecule has 4 unspecified atom stereocenters. The van der Waals surface area contributed by atoms with Gasteiger partial charge in [0.05, 0.1) is 63.9 Å². The molecule has 0 bridgehead atoms. The van der Waals surface area contributed by atoms with Gasteiger partial charge in [0.1, 0.15) is 63.5 Å². The number of rotatable bonds is 4. The molecule has 70 heavy (non-hydrogen) atoms. The SMILES string of the molecule is Cc1cc(C)c(S(=O)(=O)[O-])c(C)c1.Cc1cc(C)c(S(=O)(=O)[O-])c(C)c1.Cc1cc(C)c(S(=O)(=O)[O-])c(C)c1.Cc1cc(C)c(S(=O)(=O)[O-])c(C)c1.N[S+]1CCC[S+](N)CC[S+](N)CCC[S+](N)CC1. The lowest BCUT2D eigenvalue weighted by Gasteiger charge is -2.14. The molecule has 4 atom stereocenters. The van der Waals surface area contributed by atoms with E-state index in [1.165, 1.54) is 0 Å². The molecule has 4 aromatic carbocycles. The van der Waals surface area contributed by atoms with Crippen LogP contribution in [0.25, 0.3) is 0 Å². The molecule has 5 rings (SSSR count). The van der Waals surface area contributed by atoms with Crippen molar-refractivity contribution in [1.82, 2.24) is 0 Å². The highest BCUT2D eigenvalue weighted by atomic mass is 32.2. The van der Waals surface area contributed by atoms with Gasteiger partial charge >= 0.3 is 0 Å². The lowest BCUT2D eigenvalue weighted by atomic mass is 10.1. The fourth-order valence-corrected chi connectivity index (χ4v) is 18.2. The Morgan fingerprint density at radius 1 is 0.300 bits per heavy atom. The largest absolute Gasteiger partial charge is 0.744 e. The minimum absolute atomic E-state index is 0.0494. The van der Waals surface area contributed by atoms with Crippen molar-refractivity contribution >= 4 is 84.8 Å². The molecule has 1 aliphatic heterocycles. The van der Waals surface area contributed by atoms with Crippen molar-refractivity contribution in [2.24, 2.45) is 20.6 Å². The Balaban J connectivity index is 0.000000440. The van der Waals surface area contributed by atoms with Gasteiger partial charge in [0.2, 0.25) is 0 Å². The molecule has 1 fully saturated rings. The van der Waals surface area contributed by atoms with E-state index in [2.05, 4.69) is 0 Å². The first-order valence-electron chi connectivity index (χ1n) is 21.7. The first kappa shape index (κ1) is 65.8. The van der Waals surface area contributed by atoms with E-state index in [0.717, 1.165) is 81.1 Å². The van der Waals surface area contributed by atoms with Crippen molar-refractivity contribution in [3.8, 4) is 0 Å². The van der Waals surface area contributed by atoms with Crippen LogP contribution in [-0.4, -0.2) is 97.9 Å². The van der Waals surface area contributed by atoms with E-state index in [1.54, 1.807) is 104 Å². The van der Waals surface area contributed by atoms with Crippen molar-refractivity contribution in [2.45, 2.75) is 116 Å². The normalized spacial score (nSPS) is 18.5. The molecule has 0 spiro atoms. The van der Waals surface area contributed by atoms with Gasteiger partial charge in [0.15, 0.2) is 23.0 Å². The first-order chi connectivity index (χ1) is 31.9. The molecular formula is C46H72N4O12S8. The van der Waals surface area contributed by atoms with Crippen LogP contribution in [0.4, 0.5) is 0 Å². The van der Waals surface area contributed by atoms with Crippen molar-refractivity contribution in [1.29, 1.82) is 0 Å². The van der Waals surface area contributed by atoms with Crippen LogP contribution in [-0.2, 0) is 84.8 Å². The lowest BCUT2D eigenvalue weighted by molar-refractivity contribution is 0.459. The summed E-state index contributed by atoms with van der Waals surface area (Å²) in [5.41, 5.74) is 8.01. The van der Waals surface area contributed by atoms with Gasteiger partial charge in [-0.15, -0.1) is 0 Å². The Morgan fingerprint density at radius 3 is 0.543 bits per heavy atom. The van der Waals surface area contributed by atoms with E-state index in [1.807, 2.05) is 27.7 Å². The Hall–Kier alpha value is -2.24. The van der Waals surface area contributed by atoms with E-state index in [-0.39, 0.29) is 63.9 Å². The number of aryl methyl sites for hydroxylation is 12. The topological polar surface area (TPSA) is 333 Å². The smallest absolute Gasteiger partial charge is 0.173 e. The van der Waals surface area contributed by atoms with Crippen molar-refractivity contribution in [2.75, 3.05) is 46.0 Å². The maximum absolute atomic E-state index is 10.8. The second-order valence-corrected chi connectivity index (χ2v) is 30.0. The van der Waals surface area contributed by atoms with Crippen LogP contribution >= 0.6 is 0 Å². The molecule has 396 valence electrons. The molecule has 0 saturated carbocycles. The summed E-state index contributed by atoms with van der Waals surface area (Å²) < 4.78 is 130. The van der Waals surface area contributed by atoms with Crippen molar-refractivity contribution < 1.29 is 51.9 Å². The fourth-order valence-electron chi connectivity index (χ4n) is 7.94. The summed E-state index contributed by atoms with van der Waals surface area (Å²) in [6.45, 7) is 20.5. The molecule has 8 N–H and O–H groups in total. The highest BCUT2D eigenvalue weighted by Crippen LogP contribution is 2.24. The van der Waals surface area contributed by atoms with Crippen LogP contribution in [0.2, 0.25) is 0 Å². The minimum atomic E-state index is -4.33. The van der Waals surface area contributed by atoms with Crippen LogP contribution < -0.4 is 20.6 Å². The molecular weight excluding hydrogens is 1060 g/mol. The Morgan fingerprint density at radius 2 is 0.429 bits per heavy atom. The zero-order valence-corrected chi connectivity index (χ0v) is 48.7. The van der Waals surface area contributed by atoms with Crippen LogP contribution in [0.1, 0.15) is 79.6 Å². The van der Waals surface area contributed by atoms with Crippen LogP contribution in [0, 0.1) is 83.1 Å². The third kappa shape index (κ3) is 23.7. The zero-order chi connectivity index (χ0) is 54.3. The van der Waals surface area contributed by atoms with Gasteiger partial charge in [-0.25, -0.2) is 33.7 Å².